The first-order valence-electron chi connectivity index (χ1n) is 14.2. The fraction of sp³-hybridized carbons (Fsp3) is 0.467. The first-order chi connectivity index (χ1) is 19.1. The molecule has 1 saturated carbocycles. The first-order valence-corrected chi connectivity index (χ1v) is 14.2. The SMILES string of the molecule is CCNc1cc2c(cn1)c(-c1ccc(CN3CCCC3)cc1)nn2C1CCC(Oc2ccc(=O)n(C)n2)CC1. The lowest BCUT2D eigenvalue weighted by Crippen LogP contribution is -2.27. The van der Waals surface area contributed by atoms with E-state index in [0.29, 0.717) is 5.88 Å². The second-order valence-electron chi connectivity index (χ2n) is 10.8. The third-order valence-corrected chi connectivity index (χ3v) is 7.99. The van der Waals surface area contributed by atoms with E-state index in [4.69, 9.17) is 9.84 Å². The maximum Gasteiger partial charge on any atom is 0.266 e. The minimum atomic E-state index is -0.139. The van der Waals surface area contributed by atoms with E-state index in [1.165, 1.54) is 42.2 Å². The van der Waals surface area contributed by atoms with E-state index in [1.807, 2.05) is 6.20 Å². The van der Waals surface area contributed by atoms with Gasteiger partial charge in [-0.2, -0.15) is 5.10 Å². The molecule has 9 nitrogen and oxygen atoms in total. The number of nitrogens with one attached hydrogen (secondary N) is 1. The Bertz CT molecular complexity index is 1480. The summed E-state index contributed by atoms with van der Waals surface area (Å²) < 4.78 is 9.65. The van der Waals surface area contributed by atoms with Crippen molar-refractivity contribution in [2.24, 2.45) is 7.05 Å². The molecule has 2 aliphatic rings. The van der Waals surface area contributed by atoms with E-state index in [0.717, 1.165) is 66.8 Å². The van der Waals surface area contributed by atoms with Crippen LogP contribution < -0.4 is 15.6 Å². The van der Waals surface area contributed by atoms with Crippen LogP contribution in [0.5, 0.6) is 5.88 Å². The molecule has 2 fully saturated rings. The lowest BCUT2D eigenvalue weighted by molar-refractivity contribution is 0.123. The Morgan fingerprint density at radius 2 is 1.77 bits per heavy atom. The number of rotatable bonds is 8. The lowest BCUT2D eigenvalue weighted by Gasteiger charge is -2.29. The van der Waals surface area contributed by atoms with Gasteiger partial charge in [0, 0.05) is 55.5 Å². The van der Waals surface area contributed by atoms with Crippen LogP contribution in [0.2, 0.25) is 0 Å². The molecule has 4 aromatic rings. The van der Waals surface area contributed by atoms with Crippen LogP contribution in [0.4, 0.5) is 5.82 Å². The second-order valence-corrected chi connectivity index (χ2v) is 10.8. The smallest absolute Gasteiger partial charge is 0.266 e. The molecule has 39 heavy (non-hydrogen) atoms. The van der Waals surface area contributed by atoms with Crippen molar-refractivity contribution in [2.45, 2.75) is 64.1 Å². The molecule has 0 amide bonds. The average molecular weight is 528 g/mol. The van der Waals surface area contributed by atoms with Gasteiger partial charge in [-0.05, 0) is 64.1 Å². The lowest BCUT2D eigenvalue weighted by atomic mass is 9.93. The number of anilines is 1. The standard InChI is InChI=1S/C30H37N7O2/c1-3-31-27-18-26-25(19-32-27)30(22-8-6-21(7-9-22)20-36-16-4-5-17-36)34-37(26)23-10-12-24(13-11-23)39-28-14-15-29(38)35(2)33-28/h6-9,14-15,18-19,23-24H,3-5,10-13,16-17,20H2,1-2H3,(H,31,32). The third kappa shape index (κ3) is 5.54. The molecule has 204 valence electrons. The summed E-state index contributed by atoms with van der Waals surface area (Å²) in [5.41, 5.74) is 4.44. The number of likely N-dealkylation sites (tertiary alicyclic amines) is 1. The van der Waals surface area contributed by atoms with Crippen molar-refractivity contribution >= 4 is 16.7 Å². The van der Waals surface area contributed by atoms with Crippen molar-refractivity contribution in [3.05, 3.63) is 64.6 Å². The number of pyridine rings is 1. The van der Waals surface area contributed by atoms with Crippen LogP contribution >= 0.6 is 0 Å². The van der Waals surface area contributed by atoms with E-state index in [1.54, 1.807) is 13.1 Å². The molecule has 0 radical (unpaired) electrons. The van der Waals surface area contributed by atoms with Crippen molar-refractivity contribution in [2.75, 3.05) is 25.0 Å². The fourth-order valence-corrected chi connectivity index (χ4v) is 5.89. The number of aryl methyl sites for hydroxylation is 1. The highest BCUT2D eigenvalue weighted by Crippen LogP contribution is 2.36. The number of hydrogen-bond acceptors (Lipinski definition) is 7. The van der Waals surface area contributed by atoms with Crippen molar-refractivity contribution in [1.82, 2.24) is 29.4 Å². The monoisotopic (exact) mass is 527 g/mol. The van der Waals surface area contributed by atoms with Crippen molar-refractivity contribution in [3.8, 4) is 17.1 Å². The molecule has 1 saturated heterocycles. The first kappa shape index (κ1) is 25.6. The van der Waals surface area contributed by atoms with E-state index in [-0.39, 0.29) is 17.7 Å². The maximum atomic E-state index is 11.7. The van der Waals surface area contributed by atoms with Gasteiger partial charge in [-0.15, -0.1) is 5.10 Å². The number of fused-ring (bicyclic) bond motifs is 1. The summed E-state index contributed by atoms with van der Waals surface area (Å²) in [6.07, 6.45) is 8.38. The minimum Gasteiger partial charge on any atom is -0.473 e. The van der Waals surface area contributed by atoms with Gasteiger partial charge >= 0.3 is 0 Å². The molecule has 0 atom stereocenters. The summed E-state index contributed by atoms with van der Waals surface area (Å²) in [5.74, 6) is 1.37. The van der Waals surface area contributed by atoms with E-state index in [9.17, 15) is 4.79 Å². The van der Waals surface area contributed by atoms with Crippen LogP contribution in [0.15, 0.2) is 53.5 Å². The van der Waals surface area contributed by atoms with E-state index in [2.05, 4.69) is 62.2 Å². The number of nitrogens with zero attached hydrogens (tertiary/aromatic N) is 6. The molecule has 9 heteroatoms. The zero-order valence-electron chi connectivity index (χ0n) is 22.8. The van der Waals surface area contributed by atoms with Crippen molar-refractivity contribution in [1.29, 1.82) is 0 Å². The maximum absolute atomic E-state index is 11.7. The van der Waals surface area contributed by atoms with Gasteiger partial charge in [0.1, 0.15) is 17.6 Å². The second kappa shape index (κ2) is 11.2. The van der Waals surface area contributed by atoms with Crippen LogP contribution in [0, 0.1) is 0 Å². The average Bonchev–Trinajstić information content (AvgIpc) is 3.60. The fourth-order valence-electron chi connectivity index (χ4n) is 5.89. The highest BCUT2D eigenvalue weighted by molar-refractivity contribution is 5.94. The Morgan fingerprint density at radius 1 is 1.00 bits per heavy atom. The summed E-state index contributed by atoms with van der Waals surface area (Å²) >= 11 is 0. The number of ether oxygens (including phenoxy) is 1. The van der Waals surface area contributed by atoms with Crippen LogP contribution in [0.25, 0.3) is 22.2 Å². The van der Waals surface area contributed by atoms with Crippen molar-refractivity contribution in [3.63, 3.8) is 0 Å². The van der Waals surface area contributed by atoms with Gasteiger partial charge in [0.15, 0.2) is 0 Å². The van der Waals surface area contributed by atoms with Crippen LogP contribution in [-0.4, -0.2) is 55.2 Å². The topological polar surface area (TPSA) is 90.1 Å². The number of benzene rings is 1. The summed E-state index contributed by atoms with van der Waals surface area (Å²) in [6.45, 7) is 6.32. The van der Waals surface area contributed by atoms with Crippen molar-refractivity contribution < 1.29 is 4.74 Å². The van der Waals surface area contributed by atoms with Gasteiger partial charge in [-0.25, -0.2) is 9.67 Å². The highest BCUT2D eigenvalue weighted by Gasteiger charge is 2.27. The van der Waals surface area contributed by atoms with Gasteiger partial charge in [0.2, 0.25) is 5.88 Å². The third-order valence-electron chi connectivity index (χ3n) is 7.99. The quantitative estimate of drug-likeness (QED) is 0.353. The molecule has 1 aromatic carbocycles. The Kier molecular flexibility index (Phi) is 7.32. The molecule has 3 aromatic heterocycles. The normalized spacial score (nSPS) is 19.9. The zero-order valence-corrected chi connectivity index (χ0v) is 22.8. The summed E-state index contributed by atoms with van der Waals surface area (Å²) in [5, 5.41) is 13.9. The van der Waals surface area contributed by atoms with Gasteiger partial charge < -0.3 is 10.1 Å². The van der Waals surface area contributed by atoms with Gasteiger partial charge in [-0.3, -0.25) is 14.4 Å². The molecule has 1 aliphatic heterocycles. The summed E-state index contributed by atoms with van der Waals surface area (Å²) in [7, 11) is 1.64. The largest absolute Gasteiger partial charge is 0.473 e. The molecule has 0 spiro atoms. The van der Waals surface area contributed by atoms with Gasteiger partial charge in [0.05, 0.1) is 11.6 Å². The Balaban J connectivity index is 1.23. The van der Waals surface area contributed by atoms with Crippen LogP contribution in [0.1, 0.15) is 57.1 Å². The molecule has 1 aliphatic carbocycles. The van der Waals surface area contributed by atoms with E-state index < -0.39 is 0 Å². The Labute approximate surface area is 228 Å². The molecule has 0 bridgehead atoms. The molecule has 4 heterocycles. The molecular weight excluding hydrogens is 490 g/mol. The van der Waals surface area contributed by atoms with Crippen LogP contribution in [0.3, 0.4) is 0 Å². The molecular formula is C30H37N7O2. The predicted octanol–water partition coefficient (Wildman–Crippen LogP) is 4.78. The minimum absolute atomic E-state index is 0.0784. The number of aromatic nitrogens is 5. The summed E-state index contributed by atoms with van der Waals surface area (Å²) in [4.78, 5) is 18.9. The molecule has 0 unspecified atom stereocenters. The van der Waals surface area contributed by atoms with E-state index >= 15 is 0 Å². The Morgan fingerprint density at radius 3 is 2.49 bits per heavy atom. The molecule has 6 rings (SSSR count). The highest BCUT2D eigenvalue weighted by atomic mass is 16.5. The predicted molar refractivity (Wildman–Crippen MR) is 153 cm³/mol. The van der Waals surface area contributed by atoms with Gasteiger partial charge in [0.25, 0.3) is 5.56 Å². The van der Waals surface area contributed by atoms with Gasteiger partial charge in [-0.1, -0.05) is 24.3 Å². The molecule has 1 N–H and O–H groups in total. The zero-order chi connectivity index (χ0) is 26.8. The summed E-state index contributed by atoms with van der Waals surface area (Å²) in [6, 6.07) is 14.5. The number of hydrogen-bond donors (Lipinski definition) is 1. The Hall–Kier alpha value is -3.72. The van der Waals surface area contributed by atoms with Crippen LogP contribution in [-0.2, 0) is 13.6 Å².